The van der Waals surface area contributed by atoms with Gasteiger partial charge in [0.2, 0.25) is 0 Å². The Balaban J connectivity index is 1.24. The van der Waals surface area contributed by atoms with Gasteiger partial charge in [-0.05, 0) is 112 Å². The van der Waals surface area contributed by atoms with Gasteiger partial charge in [0, 0.05) is 54.2 Å². The molecular formula is C50H34N2S. The van der Waals surface area contributed by atoms with Gasteiger partial charge in [-0.15, -0.1) is 11.3 Å². The minimum Gasteiger partial charge on any atom is -0.310 e. The van der Waals surface area contributed by atoms with Crippen molar-refractivity contribution in [2.45, 2.75) is 0 Å². The summed E-state index contributed by atoms with van der Waals surface area (Å²) >= 11 is 1.86. The van der Waals surface area contributed by atoms with Gasteiger partial charge in [-0.25, -0.2) is 0 Å². The molecule has 10 rings (SSSR count). The molecule has 0 atom stereocenters. The van der Waals surface area contributed by atoms with Gasteiger partial charge < -0.3 is 9.80 Å². The summed E-state index contributed by atoms with van der Waals surface area (Å²) in [4.78, 5) is 4.78. The SMILES string of the molecule is c1ccc(N(c2ccc(N(c3ccccc3)c3ccc4ccccc4c3)c(-c3ccc4sc5ccccc5c4c3)c2)c2ccc3ccccc3c2)cc1. The van der Waals surface area contributed by atoms with Crippen molar-refractivity contribution < 1.29 is 0 Å². The summed E-state index contributed by atoms with van der Waals surface area (Å²) in [6, 6.07) is 74.8. The first-order valence-corrected chi connectivity index (χ1v) is 18.8. The van der Waals surface area contributed by atoms with Crippen LogP contribution in [0, 0.1) is 0 Å². The van der Waals surface area contributed by atoms with E-state index in [-0.39, 0.29) is 0 Å². The standard InChI is InChI=1S/C50H34N2S/c1-3-17-40(18-4-1)51(42-26-23-35-13-7-9-15-37(35)31-42)44-28-29-48(46(34-44)39-25-30-50-47(33-39)45-21-11-12-22-49(45)53-50)52(41-19-5-2-6-20-41)43-27-24-36-14-8-10-16-38(36)32-43/h1-34H. The monoisotopic (exact) mass is 694 g/mol. The maximum absolute atomic E-state index is 2.41. The first-order chi connectivity index (χ1) is 26.3. The van der Waals surface area contributed by atoms with Crippen LogP contribution in [0.15, 0.2) is 206 Å². The van der Waals surface area contributed by atoms with Crippen molar-refractivity contribution in [1.29, 1.82) is 0 Å². The van der Waals surface area contributed by atoms with E-state index in [2.05, 4.69) is 216 Å². The maximum Gasteiger partial charge on any atom is 0.0541 e. The number of benzene rings is 9. The number of nitrogens with zero attached hydrogens (tertiary/aromatic N) is 2. The molecule has 0 saturated carbocycles. The van der Waals surface area contributed by atoms with Gasteiger partial charge in [0.15, 0.2) is 0 Å². The Morgan fingerprint density at radius 3 is 1.49 bits per heavy atom. The Morgan fingerprint density at radius 2 is 0.811 bits per heavy atom. The van der Waals surface area contributed by atoms with Crippen LogP contribution in [0.2, 0.25) is 0 Å². The summed E-state index contributed by atoms with van der Waals surface area (Å²) in [6.07, 6.45) is 0. The highest BCUT2D eigenvalue weighted by molar-refractivity contribution is 7.25. The van der Waals surface area contributed by atoms with Gasteiger partial charge in [-0.2, -0.15) is 0 Å². The molecule has 0 bridgehead atoms. The van der Waals surface area contributed by atoms with E-state index in [0.29, 0.717) is 0 Å². The first kappa shape index (κ1) is 31.1. The molecule has 0 aliphatic heterocycles. The smallest absolute Gasteiger partial charge is 0.0541 e. The molecule has 1 aromatic heterocycles. The number of fused-ring (bicyclic) bond motifs is 5. The molecule has 250 valence electrons. The van der Waals surface area contributed by atoms with Crippen LogP contribution in [0.3, 0.4) is 0 Å². The molecule has 0 unspecified atom stereocenters. The van der Waals surface area contributed by atoms with E-state index in [1.54, 1.807) is 0 Å². The molecule has 10 aromatic rings. The molecule has 0 amide bonds. The summed E-state index contributed by atoms with van der Waals surface area (Å²) in [5, 5.41) is 7.45. The largest absolute Gasteiger partial charge is 0.310 e. The highest BCUT2D eigenvalue weighted by atomic mass is 32.1. The van der Waals surface area contributed by atoms with Crippen molar-refractivity contribution in [3.63, 3.8) is 0 Å². The number of rotatable bonds is 7. The van der Waals surface area contributed by atoms with E-state index in [4.69, 9.17) is 0 Å². The quantitative estimate of drug-likeness (QED) is 0.164. The van der Waals surface area contributed by atoms with Crippen molar-refractivity contribution in [3.8, 4) is 11.1 Å². The van der Waals surface area contributed by atoms with Crippen molar-refractivity contribution in [2.75, 3.05) is 9.80 Å². The first-order valence-electron chi connectivity index (χ1n) is 18.0. The van der Waals surface area contributed by atoms with Gasteiger partial charge in [0.05, 0.1) is 5.69 Å². The molecule has 2 nitrogen and oxygen atoms in total. The maximum atomic E-state index is 2.41. The van der Waals surface area contributed by atoms with Gasteiger partial charge in [0.1, 0.15) is 0 Å². The Kier molecular flexibility index (Phi) is 7.71. The minimum atomic E-state index is 1.09. The van der Waals surface area contributed by atoms with Crippen molar-refractivity contribution >= 4 is 87.2 Å². The third kappa shape index (κ3) is 5.68. The number of hydrogen-bond donors (Lipinski definition) is 0. The normalized spacial score (nSPS) is 11.4. The molecule has 9 aromatic carbocycles. The Bertz CT molecular complexity index is 2910. The summed E-state index contributed by atoms with van der Waals surface area (Å²) in [5.74, 6) is 0. The molecule has 0 aliphatic carbocycles. The Morgan fingerprint density at radius 1 is 0.302 bits per heavy atom. The zero-order valence-corrected chi connectivity index (χ0v) is 29.7. The van der Waals surface area contributed by atoms with Crippen molar-refractivity contribution in [2.24, 2.45) is 0 Å². The van der Waals surface area contributed by atoms with E-state index in [1.165, 1.54) is 47.3 Å². The Labute approximate surface area is 313 Å². The highest BCUT2D eigenvalue weighted by Crippen LogP contribution is 2.47. The number of para-hydroxylation sites is 2. The molecule has 0 aliphatic rings. The second-order valence-corrected chi connectivity index (χ2v) is 14.5. The summed E-state index contributed by atoms with van der Waals surface area (Å²) in [6.45, 7) is 0. The second kappa shape index (κ2) is 13.1. The van der Waals surface area contributed by atoms with Gasteiger partial charge in [-0.3, -0.25) is 0 Å². The molecule has 0 radical (unpaired) electrons. The van der Waals surface area contributed by atoms with E-state index in [9.17, 15) is 0 Å². The topological polar surface area (TPSA) is 6.48 Å². The molecule has 0 saturated heterocycles. The molecule has 0 N–H and O–H groups in total. The average molecular weight is 695 g/mol. The molecule has 1 heterocycles. The zero-order valence-electron chi connectivity index (χ0n) is 28.9. The number of hydrogen-bond acceptors (Lipinski definition) is 3. The van der Waals surface area contributed by atoms with E-state index in [0.717, 1.165) is 39.7 Å². The predicted molar refractivity (Wildman–Crippen MR) is 229 cm³/mol. The van der Waals surface area contributed by atoms with E-state index in [1.807, 2.05) is 11.3 Å². The van der Waals surface area contributed by atoms with Gasteiger partial charge in [-0.1, -0.05) is 121 Å². The fraction of sp³-hybridized carbons (Fsp3) is 0. The molecule has 3 heteroatoms. The number of anilines is 6. The second-order valence-electron chi connectivity index (χ2n) is 13.4. The van der Waals surface area contributed by atoms with Gasteiger partial charge >= 0.3 is 0 Å². The molecule has 0 fully saturated rings. The third-order valence-electron chi connectivity index (χ3n) is 10.2. The van der Waals surface area contributed by atoms with Crippen molar-refractivity contribution in [3.05, 3.63) is 206 Å². The highest BCUT2D eigenvalue weighted by Gasteiger charge is 2.22. The average Bonchev–Trinajstić information content (AvgIpc) is 3.60. The lowest BCUT2D eigenvalue weighted by molar-refractivity contribution is 1.26. The summed E-state index contributed by atoms with van der Waals surface area (Å²) in [7, 11) is 0. The summed E-state index contributed by atoms with van der Waals surface area (Å²) < 4.78 is 2.60. The third-order valence-corrected chi connectivity index (χ3v) is 11.3. The summed E-state index contributed by atoms with van der Waals surface area (Å²) in [5.41, 5.74) is 8.96. The van der Waals surface area contributed by atoms with Crippen molar-refractivity contribution in [1.82, 2.24) is 0 Å². The van der Waals surface area contributed by atoms with Crippen LogP contribution in [0.4, 0.5) is 34.1 Å². The van der Waals surface area contributed by atoms with Crippen LogP contribution >= 0.6 is 11.3 Å². The molecular weight excluding hydrogens is 661 g/mol. The lowest BCUT2D eigenvalue weighted by Crippen LogP contribution is -2.13. The van der Waals surface area contributed by atoms with Crippen LogP contribution < -0.4 is 9.80 Å². The minimum absolute atomic E-state index is 1.09. The van der Waals surface area contributed by atoms with E-state index >= 15 is 0 Å². The van der Waals surface area contributed by atoms with E-state index < -0.39 is 0 Å². The van der Waals surface area contributed by atoms with Crippen LogP contribution in [-0.2, 0) is 0 Å². The van der Waals surface area contributed by atoms with Crippen LogP contribution in [0.5, 0.6) is 0 Å². The predicted octanol–water partition coefficient (Wildman–Crippen LogP) is 15.0. The zero-order chi connectivity index (χ0) is 35.1. The van der Waals surface area contributed by atoms with Crippen LogP contribution in [0.25, 0.3) is 52.8 Å². The van der Waals surface area contributed by atoms with Crippen LogP contribution in [0.1, 0.15) is 0 Å². The lowest BCUT2D eigenvalue weighted by Gasteiger charge is -2.31. The lowest BCUT2D eigenvalue weighted by atomic mass is 9.98. The molecule has 53 heavy (non-hydrogen) atoms. The fourth-order valence-corrected chi connectivity index (χ4v) is 8.73. The van der Waals surface area contributed by atoms with Crippen LogP contribution in [-0.4, -0.2) is 0 Å². The Hall–Kier alpha value is -6.68. The fourth-order valence-electron chi connectivity index (χ4n) is 7.64. The number of thiophene rings is 1. The van der Waals surface area contributed by atoms with Gasteiger partial charge in [0.25, 0.3) is 0 Å². The molecule has 0 spiro atoms.